The van der Waals surface area contributed by atoms with Crippen LogP contribution in [0, 0.1) is 6.92 Å². The van der Waals surface area contributed by atoms with Gasteiger partial charge in [-0.2, -0.15) is 10.1 Å². The van der Waals surface area contributed by atoms with Crippen molar-refractivity contribution in [3.63, 3.8) is 0 Å². The average molecular weight is 406 g/mol. The van der Waals surface area contributed by atoms with E-state index in [0.29, 0.717) is 31.3 Å². The standard InChI is InChI=1S/C15H23N7O2.2ClH/c1-11-18-13(24-19-11)10-21-4-6-22(7-5-21)15(23)14(16-2)12-8-17-20(3)9-12;;/h8-9,14,16H,4-7,10H2,1-3H3;2*1H. The Labute approximate surface area is 164 Å². The first-order chi connectivity index (χ1) is 11.6. The lowest BCUT2D eigenvalue weighted by molar-refractivity contribution is -0.135. The molecule has 1 saturated heterocycles. The van der Waals surface area contributed by atoms with Crippen molar-refractivity contribution in [1.82, 2.24) is 35.0 Å². The van der Waals surface area contributed by atoms with Gasteiger partial charge in [-0.25, -0.2) is 0 Å². The molecule has 2 aromatic rings. The normalized spacial score (nSPS) is 15.9. The zero-order valence-corrected chi connectivity index (χ0v) is 16.7. The number of hydrogen-bond donors (Lipinski definition) is 1. The number of carbonyl (C=O) groups is 1. The van der Waals surface area contributed by atoms with Crippen molar-refractivity contribution in [3.05, 3.63) is 29.7 Å². The average Bonchev–Trinajstić information content (AvgIpc) is 3.17. The highest BCUT2D eigenvalue weighted by Crippen LogP contribution is 2.16. The predicted molar refractivity (Wildman–Crippen MR) is 100 cm³/mol. The molecule has 0 spiro atoms. The quantitative estimate of drug-likeness (QED) is 0.776. The van der Waals surface area contributed by atoms with Gasteiger partial charge >= 0.3 is 0 Å². The van der Waals surface area contributed by atoms with Crippen LogP contribution in [0.25, 0.3) is 0 Å². The third-order valence-corrected chi connectivity index (χ3v) is 4.21. The molecule has 3 rings (SSSR count). The summed E-state index contributed by atoms with van der Waals surface area (Å²) in [5.74, 6) is 1.35. The Kier molecular flexibility index (Phi) is 8.48. The molecule has 1 amide bonds. The maximum atomic E-state index is 12.8. The molecule has 1 fully saturated rings. The Morgan fingerprint density at radius 2 is 2.00 bits per heavy atom. The van der Waals surface area contributed by atoms with Gasteiger partial charge in [0.1, 0.15) is 6.04 Å². The minimum atomic E-state index is -0.358. The Morgan fingerprint density at radius 1 is 1.31 bits per heavy atom. The minimum absolute atomic E-state index is 0. The second-order valence-electron chi connectivity index (χ2n) is 6.01. The molecule has 146 valence electrons. The van der Waals surface area contributed by atoms with Gasteiger partial charge in [0.2, 0.25) is 11.8 Å². The van der Waals surface area contributed by atoms with Crippen LogP contribution in [0.5, 0.6) is 0 Å². The summed E-state index contributed by atoms with van der Waals surface area (Å²) in [7, 11) is 3.64. The van der Waals surface area contributed by atoms with E-state index in [2.05, 4.69) is 25.5 Å². The molecule has 1 aliphatic rings. The molecule has 0 saturated carbocycles. The maximum absolute atomic E-state index is 12.8. The summed E-state index contributed by atoms with van der Waals surface area (Å²) in [5, 5.41) is 11.0. The van der Waals surface area contributed by atoms with Crippen LogP contribution in [0.1, 0.15) is 23.3 Å². The number of likely N-dealkylation sites (N-methyl/N-ethyl adjacent to an activating group) is 1. The first-order valence-electron chi connectivity index (χ1n) is 8.03. The van der Waals surface area contributed by atoms with E-state index in [9.17, 15) is 4.79 Å². The zero-order chi connectivity index (χ0) is 17.1. The Hall–Kier alpha value is -1.68. The lowest BCUT2D eigenvalue weighted by Crippen LogP contribution is -2.51. The highest BCUT2D eigenvalue weighted by Gasteiger charge is 2.28. The van der Waals surface area contributed by atoms with E-state index in [1.807, 2.05) is 18.1 Å². The van der Waals surface area contributed by atoms with Gasteiger partial charge in [-0.1, -0.05) is 5.16 Å². The largest absolute Gasteiger partial charge is 0.338 e. The van der Waals surface area contributed by atoms with Gasteiger partial charge in [0.15, 0.2) is 5.82 Å². The highest BCUT2D eigenvalue weighted by atomic mass is 35.5. The number of halogens is 2. The summed E-state index contributed by atoms with van der Waals surface area (Å²) in [6, 6.07) is -0.358. The molecule has 0 radical (unpaired) electrons. The first kappa shape index (κ1) is 22.4. The van der Waals surface area contributed by atoms with Gasteiger partial charge in [-0.15, -0.1) is 24.8 Å². The summed E-state index contributed by atoms with van der Waals surface area (Å²) in [6.45, 7) is 5.38. The van der Waals surface area contributed by atoms with Crippen molar-refractivity contribution < 1.29 is 9.32 Å². The number of aryl methyl sites for hydroxylation is 2. The third-order valence-electron chi connectivity index (χ3n) is 4.21. The smallest absolute Gasteiger partial charge is 0.244 e. The van der Waals surface area contributed by atoms with Gasteiger partial charge in [-0.05, 0) is 14.0 Å². The summed E-state index contributed by atoms with van der Waals surface area (Å²) < 4.78 is 6.86. The number of nitrogens with zero attached hydrogens (tertiary/aromatic N) is 6. The molecule has 0 aliphatic carbocycles. The number of piperazine rings is 1. The Balaban J connectivity index is 0.00000169. The van der Waals surface area contributed by atoms with Crippen LogP contribution in [0.3, 0.4) is 0 Å². The van der Waals surface area contributed by atoms with Crippen LogP contribution < -0.4 is 5.32 Å². The molecular formula is C15H25Cl2N7O2. The predicted octanol–water partition coefficient (Wildman–Crippen LogP) is 0.560. The van der Waals surface area contributed by atoms with E-state index in [-0.39, 0.29) is 36.8 Å². The molecule has 1 unspecified atom stereocenters. The molecule has 26 heavy (non-hydrogen) atoms. The molecule has 3 heterocycles. The number of rotatable bonds is 5. The third kappa shape index (κ3) is 5.16. The van der Waals surface area contributed by atoms with Crippen LogP contribution in [-0.4, -0.2) is 68.9 Å². The van der Waals surface area contributed by atoms with Crippen molar-refractivity contribution >= 4 is 30.7 Å². The monoisotopic (exact) mass is 405 g/mol. The van der Waals surface area contributed by atoms with Crippen molar-refractivity contribution in [3.8, 4) is 0 Å². The molecule has 1 N–H and O–H groups in total. The van der Waals surface area contributed by atoms with Crippen LogP contribution in [0.4, 0.5) is 0 Å². The lowest BCUT2D eigenvalue weighted by Gasteiger charge is -2.35. The number of aromatic nitrogens is 4. The minimum Gasteiger partial charge on any atom is -0.338 e. The van der Waals surface area contributed by atoms with Crippen LogP contribution in [0.15, 0.2) is 16.9 Å². The van der Waals surface area contributed by atoms with Crippen molar-refractivity contribution in [2.24, 2.45) is 7.05 Å². The van der Waals surface area contributed by atoms with Crippen LogP contribution in [0.2, 0.25) is 0 Å². The first-order valence-corrected chi connectivity index (χ1v) is 8.03. The Morgan fingerprint density at radius 3 is 2.50 bits per heavy atom. The van der Waals surface area contributed by atoms with Crippen molar-refractivity contribution in [1.29, 1.82) is 0 Å². The highest BCUT2D eigenvalue weighted by molar-refractivity contribution is 5.85. The molecule has 1 aliphatic heterocycles. The van der Waals surface area contributed by atoms with E-state index < -0.39 is 0 Å². The summed E-state index contributed by atoms with van der Waals surface area (Å²) in [4.78, 5) is 21.1. The maximum Gasteiger partial charge on any atom is 0.244 e. The van der Waals surface area contributed by atoms with Gasteiger partial charge in [0.05, 0.1) is 12.7 Å². The molecular weight excluding hydrogens is 381 g/mol. The fourth-order valence-corrected chi connectivity index (χ4v) is 2.93. The second-order valence-corrected chi connectivity index (χ2v) is 6.01. The summed E-state index contributed by atoms with van der Waals surface area (Å²) in [6.07, 6.45) is 3.60. The van der Waals surface area contributed by atoms with Crippen LogP contribution in [-0.2, 0) is 18.4 Å². The zero-order valence-electron chi connectivity index (χ0n) is 15.1. The molecule has 11 heteroatoms. The number of hydrogen-bond acceptors (Lipinski definition) is 7. The van der Waals surface area contributed by atoms with Gasteiger partial charge in [0.25, 0.3) is 0 Å². The topological polar surface area (TPSA) is 92.3 Å². The van der Waals surface area contributed by atoms with E-state index in [4.69, 9.17) is 4.52 Å². The molecule has 2 aromatic heterocycles. The molecule has 1 atom stereocenters. The number of amides is 1. The SMILES string of the molecule is CNC(C(=O)N1CCN(Cc2nc(C)no2)CC1)c1cnn(C)c1.Cl.Cl. The van der Waals surface area contributed by atoms with Crippen molar-refractivity contribution in [2.45, 2.75) is 19.5 Å². The Bertz CT molecular complexity index is 698. The van der Waals surface area contributed by atoms with E-state index >= 15 is 0 Å². The summed E-state index contributed by atoms with van der Waals surface area (Å²) >= 11 is 0. The fourth-order valence-electron chi connectivity index (χ4n) is 2.93. The van der Waals surface area contributed by atoms with E-state index in [1.54, 1.807) is 24.9 Å². The van der Waals surface area contributed by atoms with Crippen molar-refractivity contribution in [2.75, 3.05) is 33.2 Å². The number of carbonyl (C=O) groups excluding carboxylic acids is 1. The van der Waals surface area contributed by atoms with Gasteiger partial charge in [-0.3, -0.25) is 14.4 Å². The molecule has 0 aromatic carbocycles. The second kappa shape index (κ2) is 9.86. The number of nitrogens with one attached hydrogen (secondary N) is 1. The van der Waals surface area contributed by atoms with E-state index in [1.165, 1.54) is 0 Å². The van der Waals surface area contributed by atoms with Crippen LogP contribution >= 0.6 is 24.8 Å². The fraction of sp³-hybridized carbons (Fsp3) is 0.600. The summed E-state index contributed by atoms with van der Waals surface area (Å²) in [5.41, 5.74) is 0.883. The van der Waals surface area contributed by atoms with Gasteiger partial charge in [0, 0.05) is 45.0 Å². The molecule has 9 nitrogen and oxygen atoms in total. The lowest BCUT2D eigenvalue weighted by atomic mass is 10.1. The van der Waals surface area contributed by atoms with E-state index in [0.717, 1.165) is 18.7 Å². The van der Waals surface area contributed by atoms with Gasteiger partial charge < -0.3 is 14.7 Å². The molecule has 0 bridgehead atoms.